The summed E-state index contributed by atoms with van der Waals surface area (Å²) >= 11 is 0. The molecule has 2 saturated heterocycles. The Hall–Kier alpha value is -2.67. The predicted molar refractivity (Wildman–Crippen MR) is 131 cm³/mol. The van der Waals surface area contributed by atoms with Crippen molar-refractivity contribution >= 4 is 11.7 Å². The van der Waals surface area contributed by atoms with Crippen molar-refractivity contribution in [2.75, 3.05) is 44.2 Å². The minimum atomic E-state index is 0.0630. The Morgan fingerprint density at radius 2 is 1.70 bits per heavy atom. The van der Waals surface area contributed by atoms with Gasteiger partial charge in [0.1, 0.15) is 5.75 Å². The van der Waals surface area contributed by atoms with Gasteiger partial charge in [-0.2, -0.15) is 0 Å². The lowest BCUT2D eigenvalue weighted by Crippen LogP contribution is -2.43. The van der Waals surface area contributed by atoms with Crippen molar-refractivity contribution in [2.45, 2.75) is 51.9 Å². The number of amides is 1. The molecule has 2 aliphatic heterocycles. The zero-order valence-electron chi connectivity index (χ0n) is 19.8. The van der Waals surface area contributed by atoms with Crippen LogP contribution < -0.4 is 15.0 Å². The molecule has 33 heavy (non-hydrogen) atoms. The van der Waals surface area contributed by atoms with E-state index in [1.54, 1.807) is 12.4 Å². The molecule has 7 nitrogen and oxygen atoms in total. The summed E-state index contributed by atoms with van der Waals surface area (Å²) in [6.07, 6.45) is 11.2. The van der Waals surface area contributed by atoms with Gasteiger partial charge in [0.15, 0.2) is 5.82 Å². The van der Waals surface area contributed by atoms with Crippen LogP contribution in [0.15, 0.2) is 36.7 Å². The molecule has 0 unspecified atom stereocenters. The number of carbonyl (C=O) groups excluding carboxylic acids is 1. The van der Waals surface area contributed by atoms with Gasteiger partial charge >= 0.3 is 0 Å². The summed E-state index contributed by atoms with van der Waals surface area (Å²) in [5, 5.41) is 3.18. The molecule has 0 radical (unpaired) electrons. The SMILES string of the molecule is CCc1ccc(Oc2nccnc2N2CCC(C(=O)NCCN3CCCCCC3)CC2)cc1. The molecular formula is C26H37N5O2. The number of hydrogen-bond acceptors (Lipinski definition) is 6. The van der Waals surface area contributed by atoms with Crippen LogP contribution in [-0.2, 0) is 11.2 Å². The van der Waals surface area contributed by atoms with E-state index in [0.29, 0.717) is 5.88 Å². The molecule has 2 aliphatic rings. The molecule has 0 saturated carbocycles. The first kappa shape index (κ1) is 23.5. The molecule has 1 amide bonds. The Labute approximate surface area is 197 Å². The van der Waals surface area contributed by atoms with Gasteiger partial charge in [0.2, 0.25) is 5.91 Å². The number of nitrogens with one attached hydrogen (secondary N) is 1. The number of hydrogen-bond donors (Lipinski definition) is 1. The largest absolute Gasteiger partial charge is 0.436 e. The highest BCUT2D eigenvalue weighted by molar-refractivity contribution is 5.79. The predicted octanol–water partition coefficient (Wildman–Crippen LogP) is 4.04. The zero-order valence-corrected chi connectivity index (χ0v) is 19.8. The highest BCUT2D eigenvalue weighted by atomic mass is 16.5. The Bertz CT molecular complexity index is 873. The third-order valence-corrected chi connectivity index (χ3v) is 6.78. The van der Waals surface area contributed by atoms with E-state index in [1.165, 1.54) is 44.3 Å². The maximum atomic E-state index is 12.7. The smallest absolute Gasteiger partial charge is 0.263 e. The van der Waals surface area contributed by atoms with Gasteiger partial charge in [-0.05, 0) is 62.9 Å². The Kier molecular flexibility index (Phi) is 8.53. The molecule has 1 N–H and O–H groups in total. The third kappa shape index (κ3) is 6.67. The molecule has 2 aromatic rings. The molecule has 0 bridgehead atoms. The van der Waals surface area contributed by atoms with Crippen LogP contribution in [0.4, 0.5) is 5.82 Å². The fourth-order valence-corrected chi connectivity index (χ4v) is 4.71. The van der Waals surface area contributed by atoms with Crippen molar-refractivity contribution in [3.05, 3.63) is 42.2 Å². The molecule has 3 heterocycles. The van der Waals surface area contributed by atoms with Crippen molar-refractivity contribution < 1.29 is 9.53 Å². The number of aryl methyl sites for hydroxylation is 1. The fraction of sp³-hybridized carbons (Fsp3) is 0.577. The lowest BCUT2D eigenvalue weighted by atomic mass is 9.96. The second-order valence-electron chi connectivity index (χ2n) is 9.09. The van der Waals surface area contributed by atoms with Crippen LogP contribution in [0, 0.1) is 5.92 Å². The van der Waals surface area contributed by atoms with Gasteiger partial charge in [0.25, 0.3) is 5.88 Å². The van der Waals surface area contributed by atoms with Crippen LogP contribution in [0.1, 0.15) is 51.0 Å². The minimum Gasteiger partial charge on any atom is -0.436 e. The maximum Gasteiger partial charge on any atom is 0.263 e. The van der Waals surface area contributed by atoms with Crippen molar-refractivity contribution in [1.82, 2.24) is 20.2 Å². The maximum absolute atomic E-state index is 12.7. The number of nitrogens with zero attached hydrogens (tertiary/aromatic N) is 4. The summed E-state index contributed by atoms with van der Waals surface area (Å²) in [6.45, 7) is 7.72. The molecular weight excluding hydrogens is 414 g/mol. The number of piperidine rings is 1. The van der Waals surface area contributed by atoms with Gasteiger partial charge < -0.3 is 19.9 Å². The average Bonchev–Trinajstić information content (AvgIpc) is 3.14. The van der Waals surface area contributed by atoms with Gasteiger partial charge in [-0.1, -0.05) is 31.9 Å². The summed E-state index contributed by atoms with van der Waals surface area (Å²) in [4.78, 5) is 26.4. The second-order valence-corrected chi connectivity index (χ2v) is 9.09. The summed E-state index contributed by atoms with van der Waals surface area (Å²) in [7, 11) is 0. The first-order chi connectivity index (χ1) is 16.2. The zero-order chi connectivity index (χ0) is 22.9. The monoisotopic (exact) mass is 451 g/mol. The number of anilines is 1. The van der Waals surface area contributed by atoms with E-state index in [0.717, 1.165) is 57.0 Å². The van der Waals surface area contributed by atoms with Gasteiger partial charge in [-0.25, -0.2) is 9.97 Å². The molecule has 0 aliphatic carbocycles. The van der Waals surface area contributed by atoms with Crippen molar-refractivity contribution in [3.63, 3.8) is 0 Å². The highest BCUT2D eigenvalue weighted by Gasteiger charge is 2.27. The number of rotatable bonds is 8. The van der Waals surface area contributed by atoms with Gasteiger partial charge in [-0.15, -0.1) is 0 Å². The van der Waals surface area contributed by atoms with Gasteiger partial charge in [-0.3, -0.25) is 4.79 Å². The summed E-state index contributed by atoms with van der Waals surface area (Å²) in [6, 6.07) is 8.09. The lowest BCUT2D eigenvalue weighted by molar-refractivity contribution is -0.125. The standard InChI is InChI=1S/C26H37N5O2/c1-2-21-7-9-23(10-8-21)33-26-24(27-13-14-29-26)31-18-11-22(12-19-31)25(32)28-15-20-30-16-5-3-4-6-17-30/h7-10,13-14,22H,2-6,11-12,15-20H2,1H3,(H,28,32). The van der Waals surface area contributed by atoms with E-state index < -0.39 is 0 Å². The van der Waals surface area contributed by atoms with Crippen molar-refractivity contribution in [2.24, 2.45) is 5.92 Å². The number of aromatic nitrogens is 2. The van der Waals surface area contributed by atoms with Crippen LogP contribution in [0.5, 0.6) is 11.6 Å². The first-order valence-electron chi connectivity index (χ1n) is 12.6. The molecule has 178 valence electrons. The molecule has 7 heteroatoms. The quantitative estimate of drug-likeness (QED) is 0.653. The van der Waals surface area contributed by atoms with Gasteiger partial charge in [0, 0.05) is 44.5 Å². The number of ether oxygens (including phenoxy) is 1. The molecule has 2 fully saturated rings. The Balaban J connectivity index is 1.26. The average molecular weight is 452 g/mol. The number of likely N-dealkylation sites (tertiary alicyclic amines) is 1. The van der Waals surface area contributed by atoms with Crippen molar-refractivity contribution in [3.8, 4) is 11.6 Å². The molecule has 0 spiro atoms. The van der Waals surface area contributed by atoms with E-state index in [-0.39, 0.29) is 11.8 Å². The highest BCUT2D eigenvalue weighted by Crippen LogP contribution is 2.31. The van der Waals surface area contributed by atoms with E-state index in [1.807, 2.05) is 12.1 Å². The third-order valence-electron chi connectivity index (χ3n) is 6.78. The molecule has 1 aromatic carbocycles. The topological polar surface area (TPSA) is 70.6 Å². The molecule has 1 aromatic heterocycles. The van der Waals surface area contributed by atoms with E-state index >= 15 is 0 Å². The van der Waals surface area contributed by atoms with Crippen LogP contribution in [0.3, 0.4) is 0 Å². The number of carbonyl (C=O) groups is 1. The normalized spacial score (nSPS) is 18.0. The van der Waals surface area contributed by atoms with E-state index in [2.05, 4.69) is 44.1 Å². The van der Waals surface area contributed by atoms with Crippen LogP contribution >= 0.6 is 0 Å². The van der Waals surface area contributed by atoms with Crippen molar-refractivity contribution in [1.29, 1.82) is 0 Å². The first-order valence-corrected chi connectivity index (χ1v) is 12.6. The summed E-state index contributed by atoms with van der Waals surface area (Å²) < 4.78 is 6.06. The second kappa shape index (κ2) is 12.0. The molecule has 0 atom stereocenters. The Morgan fingerprint density at radius 3 is 2.39 bits per heavy atom. The van der Waals surface area contributed by atoms with Gasteiger partial charge in [0.05, 0.1) is 0 Å². The Morgan fingerprint density at radius 1 is 1.00 bits per heavy atom. The summed E-state index contributed by atoms with van der Waals surface area (Å²) in [5.74, 6) is 2.27. The van der Waals surface area contributed by atoms with E-state index in [4.69, 9.17) is 4.74 Å². The van der Waals surface area contributed by atoms with Crippen LogP contribution in [0.2, 0.25) is 0 Å². The molecule has 4 rings (SSSR count). The van der Waals surface area contributed by atoms with Crippen LogP contribution in [0.25, 0.3) is 0 Å². The number of benzene rings is 1. The summed E-state index contributed by atoms with van der Waals surface area (Å²) in [5.41, 5.74) is 1.27. The lowest BCUT2D eigenvalue weighted by Gasteiger charge is -2.32. The van der Waals surface area contributed by atoms with E-state index in [9.17, 15) is 4.79 Å². The fourth-order valence-electron chi connectivity index (χ4n) is 4.71. The van der Waals surface area contributed by atoms with Crippen LogP contribution in [-0.4, -0.2) is 60.0 Å². The minimum absolute atomic E-state index is 0.0630.